The van der Waals surface area contributed by atoms with Gasteiger partial charge >= 0.3 is 0 Å². The lowest BCUT2D eigenvalue weighted by molar-refractivity contribution is -0.111. The number of benzene rings is 2. The van der Waals surface area contributed by atoms with Crippen LogP contribution >= 0.6 is 0 Å². The highest BCUT2D eigenvalue weighted by Gasteiger charge is 2.07. The van der Waals surface area contributed by atoms with E-state index in [0.717, 1.165) is 5.56 Å². The molecule has 0 fully saturated rings. The molecule has 22 heavy (non-hydrogen) atoms. The predicted octanol–water partition coefficient (Wildman–Crippen LogP) is 2.94. The third-order valence-electron chi connectivity index (χ3n) is 3.00. The van der Waals surface area contributed by atoms with E-state index in [9.17, 15) is 4.79 Å². The summed E-state index contributed by atoms with van der Waals surface area (Å²) in [5, 5.41) is 2.76. The average Bonchev–Trinajstić information content (AvgIpc) is 2.53. The second-order valence-electron chi connectivity index (χ2n) is 4.56. The van der Waals surface area contributed by atoms with Crippen LogP contribution in [0.4, 0.5) is 11.4 Å². The molecule has 0 saturated heterocycles. The number of nitrogen functional groups attached to an aromatic ring is 1. The lowest BCUT2D eigenvalue weighted by Gasteiger charge is -2.10. The zero-order chi connectivity index (χ0) is 15.9. The Morgan fingerprint density at radius 2 is 1.95 bits per heavy atom. The number of nitrogens with two attached hydrogens (primary N) is 1. The van der Waals surface area contributed by atoms with E-state index in [1.807, 2.05) is 12.1 Å². The third kappa shape index (κ3) is 4.02. The average molecular weight is 298 g/mol. The van der Waals surface area contributed by atoms with Gasteiger partial charge in [-0.3, -0.25) is 4.79 Å². The van der Waals surface area contributed by atoms with Crippen molar-refractivity contribution in [2.45, 2.75) is 0 Å². The molecule has 0 aliphatic heterocycles. The number of ether oxygens (including phenoxy) is 2. The highest BCUT2D eigenvalue weighted by Crippen LogP contribution is 2.28. The number of anilines is 2. The summed E-state index contributed by atoms with van der Waals surface area (Å²) in [6.07, 6.45) is 3.13. The Morgan fingerprint density at radius 3 is 2.64 bits per heavy atom. The number of amides is 1. The van der Waals surface area contributed by atoms with E-state index in [1.54, 1.807) is 50.6 Å². The SMILES string of the molecule is COc1ccc(OC)c(NC(=O)/C=C/c2cccc(N)c2)c1. The molecule has 0 aliphatic rings. The van der Waals surface area contributed by atoms with Crippen LogP contribution in [0.5, 0.6) is 11.5 Å². The van der Waals surface area contributed by atoms with Gasteiger partial charge in [-0.1, -0.05) is 12.1 Å². The van der Waals surface area contributed by atoms with Crippen molar-refractivity contribution in [3.8, 4) is 11.5 Å². The van der Waals surface area contributed by atoms with Crippen LogP contribution < -0.4 is 20.5 Å². The van der Waals surface area contributed by atoms with Gasteiger partial charge in [0.05, 0.1) is 19.9 Å². The molecule has 5 nitrogen and oxygen atoms in total. The maximum Gasteiger partial charge on any atom is 0.248 e. The number of methoxy groups -OCH3 is 2. The standard InChI is InChI=1S/C17H18N2O3/c1-21-14-7-8-16(22-2)15(11-14)19-17(20)9-6-12-4-3-5-13(18)10-12/h3-11H,18H2,1-2H3,(H,19,20)/b9-6+. The Balaban J connectivity index is 2.11. The topological polar surface area (TPSA) is 73.6 Å². The lowest BCUT2D eigenvalue weighted by Crippen LogP contribution is -2.09. The normalized spacial score (nSPS) is 10.5. The fraction of sp³-hybridized carbons (Fsp3) is 0.118. The van der Waals surface area contributed by atoms with Gasteiger partial charge in [0.1, 0.15) is 11.5 Å². The van der Waals surface area contributed by atoms with E-state index in [4.69, 9.17) is 15.2 Å². The second-order valence-corrected chi connectivity index (χ2v) is 4.56. The molecule has 3 N–H and O–H groups in total. The van der Waals surface area contributed by atoms with Crippen molar-refractivity contribution in [2.75, 3.05) is 25.3 Å². The second kappa shape index (κ2) is 7.17. The van der Waals surface area contributed by atoms with Crippen LogP contribution in [0, 0.1) is 0 Å². The molecule has 0 saturated carbocycles. The maximum absolute atomic E-state index is 12.0. The molecular formula is C17H18N2O3. The molecule has 0 aromatic heterocycles. The fourth-order valence-electron chi connectivity index (χ4n) is 1.92. The maximum atomic E-state index is 12.0. The van der Waals surface area contributed by atoms with Crippen molar-refractivity contribution in [3.63, 3.8) is 0 Å². The van der Waals surface area contributed by atoms with Crippen molar-refractivity contribution < 1.29 is 14.3 Å². The van der Waals surface area contributed by atoms with Crippen LogP contribution in [0.15, 0.2) is 48.5 Å². The van der Waals surface area contributed by atoms with E-state index >= 15 is 0 Å². The van der Waals surface area contributed by atoms with Crippen molar-refractivity contribution in [1.29, 1.82) is 0 Å². The van der Waals surface area contributed by atoms with Gasteiger partial charge in [-0.2, -0.15) is 0 Å². The minimum atomic E-state index is -0.269. The highest BCUT2D eigenvalue weighted by molar-refractivity contribution is 6.02. The molecule has 0 spiro atoms. The Kier molecular flexibility index (Phi) is 5.03. The molecule has 114 valence electrons. The summed E-state index contributed by atoms with van der Waals surface area (Å²) in [5.41, 5.74) is 7.74. The van der Waals surface area contributed by atoms with Crippen molar-refractivity contribution in [2.24, 2.45) is 0 Å². The quantitative estimate of drug-likeness (QED) is 0.657. The first-order valence-electron chi connectivity index (χ1n) is 6.69. The van der Waals surface area contributed by atoms with Gasteiger partial charge in [-0.05, 0) is 35.9 Å². The van der Waals surface area contributed by atoms with E-state index in [0.29, 0.717) is 22.9 Å². The molecular weight excluding hydrogens is 280 g/mol. The van der Waals surface area contributed by atoms with Crippen molar-refractivity contribution >= 4 is 23.4 Å². The minimum absolute atomic E-state index is 0.269. The molecule has 0 bridgehead atoms. The van der Waals surface area contributed by atoms with Gasteiger partial charge in [0.15, 0.2) is 0 Å². The number of nitrogens with one attached hydrogen (secondary N) is 1. The number of hydrogen-bond acceptors (Lipinski definition) is 4. The molecule has 2 aromatic rings. The van der Waals surface area contributed by atoms with Crippen LogP contribution in [-0.2, 0) is 4.79 Å². The summed E-state index contributed by atoms with van der Waals surface area (Å²) in [6, 6.07) is 12.5. The third-order valence-corrected chi connectivity index (χ3v) is 3.00. The summed E-state index contributed by atoms with van der Waals surface area (Å²) in [4.78, 5) is 12.0. The molecule has 5 heteroatoms. The van der Waals surface area contributed by atoms with E-state index in [2.05, 4.69) is 5.32 Å². The van der Waals surface area contributed by atoms with E-state index < -0.39 is 0 Å². The highest BCUT2D eigenvalue weighted by atomic mass is 16.5. The summed E-state index contributed by atoms with van der Waals surface area (Å²) >= 11 is 0. The lowest BCUT2D eigenvalue weighted by atomic mass is 10.2. The van der Waals surface area contributed by atoms with Gasteiger partial charge in [0.25, 0.3) is 0 Å². The number of rotatable bonds is 5. The number of carbonyl (C=O) groups excluding carboxylic acids is 1. The zero-order valence-electron chi connectivity index (χ0n) is 12.5. The summed E-state index contributed by atoms with van der Waals surface area (Å²) in [5.74, 6) is 0.927. The van der Waals surface area contributed by atoms with Gasteiger partial charge in [-0.15, -0.1) is 0 Å². The molecule has 0 radical (unpaired) electrons. The van der Waals surface area contributed by atoms with E-state index in [1.165, 1.54) is 6.08 Å². The van der Waals surface area contributed by atoms with Crippen molar-refractivity contribution in [3.05, 3.63) is 54.1 Å². The Bertz CT molecular complexity index is 696. The van der Waals surface area contributed by atoms with Crippen LogP contribution in [0.2, 0.25) is 0 Å². The number of carbonyl (C=O) groups is 1. The molecule has 2 rings (SSSR count). The van der Waals surface area contributed by atoms with Gasteiger partial charge in [0, 0.05) is 17.8 Å². The Hall–Kier alpha value is -2.95. The van der Waals surface area contributed by atoms with Crippen LogP contribution in [-0.4, -0.2) is 20.1 Å². The molecule has 0 aliphatic carbocycles. The molecule has 0 heterocycles. The molecule has 2 aromatic carbocycles. The van der Waals surface area contributed by atoms with Crippen molar-refractivity contribution in [1.82, 2.24) is 0 Å². The summed E-state index contributed by atoms with van der Waals surface area (Å²) < 4.78 is 10.4. The van der Waals surface area contributed by atoms with Gasteiger partial charge in [-0.25, -0.2) is 0 Å². The van der Waals surface area contributed by atoms with Crippen LogP contribution in [0.3, 0.4) is 0 Å². The minimum Gasteiger partial charge on any atom is -0.497 e. The number of hydrogen-bond donors (Lipinski definition) is 2. The summed E-state index contributed by atoms with van der Waals surface area (Å²) in [6.45, 7) is 0. The fourth-order valence-corrected chi connectivity index (χ4v) is 1.92. The first-order valence-corrected chi connectivity index (χ1v) is 6.69. The van der Waals surface area contributed by atoms with Gasteiger partial charge in [0.2, 0.25) is 5.91 Å². The Morgan fingerprint density at radius 1 is 1.14 bits per heavy atom. The van der Waals surface area contributed by atoms with Gasteiger partial charge < -0.3 is 20.5 Å². The molecule has 0 unspecified atom stereocenters. The van der Waals surface area contributed by atoms with E-state index in [-0.39, 0.29) is 5.91 Å². The molecule has 0 atom stereocenters. The first kappa shape index (κ1) is 15.4. The van der Waals surface area contributed by atoms with Crippen LogP contribution in [0.1, 0.15) is 5.56 Å². The smallest absolute Gasteiger partial charge is 0.248 e. The summed E-state index contributed by atoms with van der Waals surface area (Å²) in [7, 11) is 3.10. The predicted molar refractivity (Wildman–Crippen MR) is 88.1 cm³/mol. The van der Waals surface area contributed by atoms with Crippen LogP contribution in [0.25, 0.3) is 6.08 Å². The largest absolute Gasteiger partial charge is 0.497 e. The first-order chi connectivity index (χ1) is 10.6. The monoisotopic (exact) mass is 298 g/mol. The zero-order valence-corrected chi connectivity index (χ0v) is 12.5. The Labute approximate surface area is 129 Å². The molecule has 1 amide bonds.